The van der Waals surface area contributed by atoms with Gasteiger partial charge in [-0.1, -0.05) is 49.6 Å². The number of thioether (sulfide) groups is 1. The number of phenols is 1. The van der Waals surface area contributed by atoms with E-state index in [4.69, 9.17) is 5.73 Å². The van der Waals surface area contributed by atoms with E-state index < -0.39 is 35.8 Å². The van der Waals surface area contributed by atoms with Crippen LogP contribution in [0.4, 0.5) is 0 Å². The summed E-state index contributed by atoms with van der Waals surface area (Å²) in [4.78, 5) is 63.5. The van der Waals surface area contributed by atoms with Crippen LogP contribution in [0.15, 0.2) is 42.5 Å². The molecule has 2 aromatic carbocycles. The van der Waals surface area contributed by atoms with Gasteiger partial charge in [0.2, 0.25) is 23.6 Å². The predicted octanol–water partition coefficient (Wildman–Crippen LogP) is 2.19. The fourth-order valence-corrected chi connectivity index (χ4v) is 5.82. The van der Waals surface area contributed by atoms with Gasteiger partial charge in [-0.05, 0) is 85.9 Å². The number of halogens is 1. The summed E-state index contributed by atoms with van der Waals surface area (Å²) in [5.41, 5.74) is 9.57. The fraction of sp³-hybridized carbons (Fsp3) is 0.528. The highest BCUT2D eigenvalue weighted by atomic mass is 35.5. The molecule has 0 heterocycles. The second-order valence-electron chi connectivity index (χ2n) is 12.1. The van der Waals surface area contributed by atoms with E-state index in [-0.39, 0.29) is 54.9 Å². The van der Waals surface area contributed by atoms with Gasteiger partial charge in [0, 0.05) is 19.4 Å². The molecule has 4 amide bonds. The molecule has 0 saturated heterocycles. The smallest absolute Gasteiger partial charge is 0.305 e. The zero-order chi connectivity index (χ0) is 36.2. The van der Waals surface area contributed by atoms with Crippen LogP contribution in [-0.2, 0) is 41.6 Å². The Balaban J connectivity index is 0.0000125. The van der Waals surface area contributed by atoms with Gasteiger partial charge >= 0.3 is 5.97 Å². The van der Waals surface area contributed by atoms with E-state index in [9.17, 15) is 29.1 Å². The number of esters is 1. The van der Waals surface area contributed by atoms with E-state index in [1.54, 1.807) is 12.1 Å². The molecule has 0 bridgehead atoms. The van der Waals surface area contributed by atoms with Crippen molar-refractivity contribution in [3.05, 3.63) is 64.7 Å². The summed E-state index contributed by atoms with van der Waals surface area (Å²) >= 11 is 1.52. The van der Waals surface area contributed by atoms with Crippen LogP contribution in [0, 0.1) is 13.8 Å². The Kier molecular flexibility index (Phi) is 24.0. The molecule has 0 aromatic heterocycles. The molecule has 0 aliphatic heterocycles. The summed E-state index contributed by atoms with van der Waals surface area (Å²) in [7, 11) is 1.38. The van der Waals surface area contributed by atoms with Gasteiger partial charge < -0.3 is 42.3 Å². The lowest BCUT2D eigenvalue weighted by Gasteiger charge is -2.22. The Hall–Kier alpha value is -3.85. The molecule has 2 rings (SSSR count). The molecule has 9 N–H and O–H groups in total. The number of phenolic OH excluding ortho intramolecular Hbond substituents is 1. The van der Waals surface area contributed by atoms with E-state index in [1.165, 1.54) is 18.9 Å². The van der Waals surface area contributed by atoms with Crippen LogP contribution >= 0.6 is 24.2 Å². The molecule has 2 aromatic rings. The van der Waals surface area contributed by atoms with Crippen LogP contribution in [0.2, 0.25) is 0 Å². The van der Waals surface area contributed by atoms with Crippen LogP contribution in [0.5, 0.6) is 5.75 Å². The number of aromatic hydroxyl groups is 1. The zero-order valence-electron chi connectivity index (χ0n) is 30.0. The van der Waals surface area contributed by atoms with E-state index in [0.717, 1.165) is 54.4 Å². The number of hydrogen-bond donors (Lipinski definition) is 6. The Bertz CT molecular complexity index is 1360. The Labute approximate surface area is 311 Å². The van der Waals surface area contributed by atoms with Crippen molar-refractivity contribution < 1.29 is 39.3 Å². The maximum atomic E-state index is 13.2. The van der Waals surface area contributed by atoms with Crippen molar-refractivity contribution in [3.8, 4) is 5.75 Å². The van der Waals surface area contributed by atoms with E-state index in [0.29, 0.717) is 25.1 Å². The number of aryl methyl sites for hydroxylation is 2. The lowest BCUT2D eigenvalue weighted by Crippen LogP contribution is -2.54. The minimum Gasteiger partial charge on any atom is -0.508 e. The first-order valence-corrected chi connectivity index (χ1v) is 18.1. The first kappa shape index (κ1) is 47.1. The quantitative estimate of drug-likeness (QED) is 0.0766. The summed E-state index contributed by atoms with van der Waals surface area (Å²) in [6, 6.07) is 9.84. The highest BCUT2D eigenvalue weighted by molar-refractivity contribution is 7.98. The summed E-state index contributed by atoms with van der Waals surface area (Å²) in [5, 5.41) is 20.8. The Morgan fingerprint density at radius 1 is 0.843 bits per heavy atom. The third-order valence-corrected chi connectivity index (χ3v) is 8.77. The van der Waals surface area contributed by atoms with Crippen LogP contribution in [-0.4, -0.2) is 90.5 Å². The molecule has 0 aliphatic rings. The molecule has 0 spiro atoms. The number of unbranched alkanes of at least 4 members (excludes halogenated alkanes) is 4. The van der Waals surface area contributed by atoms with E-state index in [2.05, 4.69) is 26.0 Å². The number of carbonyl (C=O) groups is 5. The number of nitrogens with one attached hydrogen (secondary N) is 4. The average molecular weight is 754 g/mol. The first-order chi connectivity index (χ1) is 23.4. The third-order valence-electron chi connectivity index (χ3n) is 8.13. The minimum absolute atomic E-state index is 0. The highest BCUT2D eigenvalue weighted by Crippen LogP contribution is 2.22. The lowest BCUT2D eigenvalue weighted by atomic mass is 9.96. The monoisotopic (exact) mass is 753 g/mol. The van der Waals surface area contributed by atoms with Crippen molar-refractivity contribution >= 4 is 53.8 Å². The zero-order valence-corrected chi connectivity index (χ0v) is 31.7. The van der Waals surface area contributed by atoms with Crippen molar-refractivity contribution in [2.24, 2.45) is 5.73 Å². The second kappa shape index (κ2) is 26.0. The van der Waals surface area contributed by atoms with E-state index in [1.807, 2.05) is 50.4 Å². The number of ether oxygens (including phenoxy) is 1. The molecule has 0 unspecified atom stereocenters. The van der Waals surface area contributed by atoms with Crippen molar-refractivity contribution in [2.45, 2.75) is 89.8 Å². The van der Waals surface area contributed by atoms with Gasteiger partial charge in [-0.3, -0.25) is 24.0 Å². The van der Waals surface area contributed by atoms with Gasteiger partial charge in [0.05, 0.1) is 19.7 Å². The number of hydrogen-bond acceptors (Lipinski definition) is 9. The SMILES string of the molecule is COC(=O)CCCCCCCNC(=O)[C@H](Cc1ccccc1)NC(=O)CNC(=O)[C@@H](CCSC)NC(=O)[C@@H](N)Cc1c(C)cc(O)cc1C.Cl.O. The van der Waals surface area contributed by atoms with Crippen LogP contribution in [0.1, 0.15) is 67.2 Å². The van der Waals surface area contributed by atoms with Gasteiger partial charge in [-0.15, -0.1) is 12.4 Å². The number of benzene rings is 2. The van der Waals surface area contributed by atoms with Crippen LogP contribution in [0.25, 0.3) is 0 Å². The average Bonchev–Trinajstić information content (AvgIpc) is 3.07. The highest BCUT2D eigenvalue weighted by Gasteiger charge is 2.26. The van der Waals surface area contributed by atoms with Gasteiger partial charge in [-0.25, -0.2) is 0 Å². The van der Waals surface area contributed by atoms with Gasteiger partial charge in [0.25, 0.3) is 0 Å². The molecular formula is C36H56ClN5O8S. The van der Waals surface area contributed by atoms with Crippen LogP contribution < -0.4 is 27.0 Å². The Morgan fingerprint density at radius 2 is 1.45 bits per heavy atom. The number of methoxy groups -OCH3 is 1. The Morgan fingerprint density at radius 3 is 2.08 bits per heavy atom. The van der Waals surface area contributed by atoms with Crippen molar-refractivity contribution in [1.82, 2.24) is 21.3 Å². The van der Waals surface area contributed by atoms with Crippen molar-refractivity contribution in [2.75, 3.05) is 32.2 Å². The van der Waals surface area contributed by atoms with Crippen LogP contribution in [0.3, 0.4) is 0 Å². The van der Waals surface area contributed by atoms with Crippen molar-refractivity contribution in [1.29, 1.82) is 0 Å². The minimum atomic E-state index is -0.932. The standard InChI is InChI=1S/C36H53N5O7S.ClH.H2O/c1-24-19-27(42)20-25(2)28(24)22-29(37)34(45)41-30(16-18-49-4)35(46)39-23-32(43)40-31(21-26-13-9-8-10-14-26)36(47)38-17-12-7-5-6-11-15-33(44)48-3;;/h8-10,13-14,19-20,29-31,42H,5-7,11-12,15-18,21-23,37H2,1-4H3,(H,38,47)(H,39,46)(H,40,43)(H,41,45);1H;1H2/t29-,30+,31-;;/m0../s1. The maximum absolute atomic E-state index is 13.2. The molecule has 0 radical (unpaired) electrons. The van der Waals surface area contributed by atoms with Gasteiger partial charge in [0.15, 0.2) is 0 Å². The topological polar surface area (TPSA) is 220 Å². The van der Waals surface area contributed by atoms with Crippen molar-refractivity contribution in [3.63, 3.8) is 0 Å². The predicted molar refractivity (Wildman–Crippen MR) is 203 cm³/mol. The summed E-state index contributed by atoms with van der Waals surface area (Å²) in [5.74, 6) is -1.39. The van der Waals surface area contributed by atoms with E-state index >= 15 is 0 Å². The molecule has 51 heavy (non-hydrogen) atoms. The molecule has 286 valence electrons. The number of amides is 4. The molecule has 3 atom stereocenters. The third kappa shape index (κ3) is 18.3. The van der Waals surface area contributed by atoms with Gasteiger partial charge in [0.1, 0.15) is 17.8 Å². The summed E-state index contributed by atoms with van der Waals surface area (Å²) in [6.07, 6.45) is 7.35. The number of carbonyl (C=O) groups excluding carboxylic acids is 5. The fourth-order valence-electron chi connectivity index (χ4n) is 5.34. The summed E-state index contributed by atoms with van der Waals surface area (Å²) < 4.78 is 4.65. The molecule has 13 nitrogen and oxygen atoms in total. The molecular weight excluding hydrogens is 698 g/mol. The maximum Gasteiger partial charge on any atom is 0.305 e. The number of rotatable bonds is 22. The first-order valence-electron chi connectivity index (χ1n) is 16.7. The molecule has 0 fully saturated rings. The number of nitrogens with two attached hydrogens (primary N) is 1. The molecule has 15 heteroatoms. The molecule has 0 saturated carbocycles. The lowest BCUT2D eigenvalue weighted by molar-refractivity contribution is -0.140. The van der Waals surface area contributed by atoms with Gasteiger partial charge in [-0.2, -0.15) is 11.8 Å². The second-order valence-corrected chi connectivity index (χ2v) is 13.1. The largest absolute Gasteiger partial charge is 0.508 e. The summed E-state index contributed by atoms with van der Waals surface area (Å²) in [6.45, 7) is 3.73. The normalized spacial score (nSPS) is 12.2. The molecule has 0 aliphatic carbocycles.